The van der Waals surface area contributed by atoms with Crippen LogP contribution in [0.1, 0.15) is 38.3 Å². The van der Waals surface area contributed by atoms with Crippen LogP contribution < -0.4 is 0 Å². The summed E-state index contributed by atoms with van der Waals surface area (Å²) in [6, 6.07) is 13.5. The first-order valence-corrected chi connectivity index (χ1v) is 12.4. The summed E-state index contributed by atoms with van der Waals surface area (Å²) >= 11 is 13.2. The average molecular weight is 533 g/mol. The van der Waals surface area contributed by atoms with Crippen molar-refractivity contribution < 1.29 is 19.2 Å². The number of hydrogen-bond donors (Lipinski definition) is 0. The lowest BCUT2D eigenvalue weighted by molar-refractivity contribution is -0.384. The summed E-state index contributed by atoms with van der Waals surface area (Å²) in [5.74, 6) is -0.465. The van der Waals surface area contributed by atoms with Gasteiger partial charge in [0, 0.05) is 22.4 Å². The number of carbonyl (C=O) groups is 2. The van der Waals surface area contributed by atoms with Crippen molar-refractivity contribution in [2.75, 3.05) is 0 Å². The number of rotatable bonds is 8. The van der Waals surface area contributed by atoms with E-state index >= 15 is 0 Å². The van der Waals surface area contributed by atoms with E-state index in [1.807, 2.05) is 31.2 Å². The predicted octanol–water partition coefficient (Wildman–Crippen LogP) is 6.16. The SMILES string of the molecule is Cc1ccc(SC(C(=O)C(C)(C)C)=C(C(=S)OCc2ccc([N+](=O)[O-])cc2)N2C(=O)CC2Cl)cc1. The minimum Gasteiger partial charge on any atom is -0.477 e. The minimum absolute atomic E-state index is 0.00149. The van der Waals surface area contributed by atoms with Crippen LogP contribution in [0.25, 0.3) is 0 Å². The van der Waals surface area contributed by atoms with Crippen molar-refractivity contribution in [1.29, 1.82) is 0 Å². The van der Waals surface area contributed by atoms with E-state index in [4.69, 9.17) is 28.6 Å². The highest BCUT2D eigenvalue weighted by atomic mass is 35.5. The van der Waals surface area contributed by atoms with Crippen LogP contribution in [0.15, 0.2) is 64.0 Å². The molecule has 0 saturated carbocycles. The summed E-state index contributed by atoms with van der Waals surface area (Å²) in [6.07, 6.45) is 0.127. The molecule has 2 aromatic rings. The molecule has 1 saturated heterocycles. The Morgan fingerprint density at radius 1 is 1.20 bits per heavy atom. The molecule has 1 unspecified atom stereocenters. The van der Waals surface area contributed by atoms with E-state index in [0.29, 0.717) is 5.56 Å². The van der Waals surface area contributed by atoms with Gasteiger partial charge in [-0.15, -0.1) is 0 Å². The van der Waals surface area contributed by atoms with Crippen molar-refractivity contribution in [1.82, 2.24) is 4.90 Å². The summed E-state index contributed by atoms with van der Waals surface area (Å²) in [5, 5.41) is 10.8. The molecule has 1 amide bonds. The lowest BCUT2D eigenvalue weighted by Gasteiger charge is -2.39. The van der Waals surface area contributed by atoms with Crippen molar-refractivity contribution in [3.05, 3.63) is 80.4 Å². The molecule has 1 aliphatic rings. The number of allylic oxidation sites excluding steroid dienone is 1. The van der Waals surface area contributed by atoms with Gasteiger partial charge in [0.05, 0.1) is 16.2 Å². The van der Waals surface area contributed by atoms with Crippen LogP contribution in [-0.4, -0.2) is 32.1 Å². The molecule has 0 aromatic heterocycles. The number of thioether (sulfide) groups is 1. The van der Waals surface area contributed by atoms with E-state index < -0.39 is 15.8 Å². The van der Waals surface area contributed by atoms with E-state index in [-0.39, 0.29) is 46.1 Å². The number of carbonyl (C=O) groups excluding carboxylic acids is 2. The molecule has 1 heterocycles. The van der Waals surface area contributed by atoms with Crippen molar-refractivity contribution >= 4 is 58.0 Å². The number of aryl methyl sites for hydroxylation is 1. The molecule has 0 N–H and O–H groups in total. The Morgan fingerprint density at radius 3 is 2.29 bits per heavy atom. The van der Waals surface area contributed by atoms with Gasteiger partial charge < -0.3 is 4.74 Å². The summed E-state index contributed by atoms with van der Waals surface area (Å²) in [5.41, 5.74) is 0.429. The van der Waals surface area contributed by atoms with E-state index in [9.17, 15) is 19.7 Å². The first-order valence-electron chi connectivity index (χ1n) is 10.8. The van der Waals surface area contributed by atoms with Crippen LogP contribution in [-0.2, 0) is 20.9 Å². The molecule has 0 spiro atoms. The topological polar surface area (TPSA) is 89.8 Å². The van der Waals surface area contributed by atoms with Gasteiger partial charge in [-0.1, -0.05) is 61.8 Å². The van der Waals surface area contributed by atoms with Crippen LogP contribution in [0.4, 0.5) is 5.69 Å². The van der Waals surface area contributed by atoms with Gasteiger partial charge in [-0.05, 0) is 49.0 Å². The van der Waals surface area contributed by atoms with E-state index in [0.717, 1.165) is 10.5 Å². The number of benzene rings is 2. The molecule has 1 atom stereocenters. The number of ether oxygens (including phenoxy) is 1. The lowest BCUT2D eigenvalue weighted by atomic mass is 9.89. The smallest absolute Gasteiger partial charge is 0.269 e. The number of nitrogens with zero attached hydrogens (tertiary/aromatic N) is 2. The molecule has 184 valence electrons. The highest BCUT2D eigenvalue weighted by molar-refractivity contribution is 8.04. The summed E-state index contributed by atoms with van der Waals surface area (Å²) in [6.45, 7) is 7.34. The van der Waals surface area contributed by atoms with Gasteiger partial charge in [0.15, 0.2) is 5.78 Å². The Morgan fingerprint density at radius 2 is 1.80 bits per heavy atom. The number of β-lactam (4-membered cyclic amide) rings is 1. The number of hydrogen-bond acceptors (Lipinski definition) is 7. The maximum absolute atomic E-state index is 13.6. The molecular formula is C25H25ClN2O5S2. The van der Waals surface area contributed by atoms with Crippen LogP contribution in [0, 0.1) is 22.5 Å². The second-order valence-electron chi connectivity index (χ2n) is 9.07. The Hall–Kier alpha value is -2.75. The standard InChI is InChI=1S/C25H25ClN2O5S2/c1-15-5-11-18(12-6-15)35-22(23(30)25(2,3)4)21(27-19(26)13-20(27)29)24(34)33-14-16-7-9-17(10-8-16)28(31)32/h5-12,19H,13-14H2,1-4H3. The van der Waals surface area contributed by atoms with Crippen molar-refractivity contribution in [2.45, 2.75) is 51.1 Å². The lowest BCUT2D eigenvalue weighted by Crippen LogP contribution is -2.51. The highest BCUT2D eigenvalue weighted by Gasteiger charge is 2.43. The third-order valence-corrected chi connectivity index (χ3v) is 6.94. The Balaban J connectivity index is 2.01. The average Bonchev–Trinajstić information content (AvgIpc) is 2.80. The quantitative estimate of drug-likeness (QED) is 0.0587. The normalized spacial score (nSPS) is 16.3. The monoisotopic (exact) mass is 532 g/mol. The fourth-order valence-corrected chi connectivity index (χ4v) is 5.00. The first-order chi connectivity index (χ1) is 16.4. The molecule has 10 heteroatoms. The second kappa shape index (κ2) is 10.9. The van der Waals surface area contributed by atoms with Gasteiger partial charge in [0.2, 0.25) is 11.0 Å². The molecule has 1 fully saturated rings. The number of nitro groups is 1. The van der Waals surface area contributed by atoms with Crippen LogP contribution >= 0.6 is 35.6 Å². The minimum atomic E-state index is -0.762. The van der Waals surface area contributed by atoms with Crippen molar-refractivity contribution in [3.8, 4) is 0 Å². The molecule has 7 nitrogen and oxygen atoms in total. The highest BCUT2D eigenvalue weighted by Crippen LogP contribution is 2.40. The zero-order valence-electron chi connectivity index (χ0n) is 19.7. The summed E-state index contributed by atoms with van der Waals surface area (Å²) in [4.78, 5) is 38.9. The van der Waals surface area contributed by atoms with Crippen LogP contribution in [0.3, 0.4) is 0 Å². The third kappa shape index (κ3) is 6.48. The molecule has 0 aliphatic carbocycles. The number of non-ortho nitro benzene ring substituents is 1. The molecule has 3 rings (SSSR count). The van der Waals surface area contributed by atoms with Gasteiger partial charge in [0.1, 0.15) is 17.8 Å². The summed E-state index contributed by atoms with van der Waals surface area (Å²) in [7, 11) is 0. The molecule has 1 aliphatic heterocycles. The molecule has 0 radical (unpaired) electrons. The number of alkyl halides is 1. The number of thiocarbonyl (C=S) groups is 1. The predicted molar refractivity (Wildman–Crippen MR) is 140 cm³/mol. The Kier molecular flexibility index (Phi) is 8.35. The van der Waals surface area contributed by atoms with Gasteiger partial charge in [0.25, 0.3) is 5.69 Å². The number of halogens is 1. The van der Waals surface area contributed by atoms with Gasteiger partial charge in [-0.3, -0.25) is 24.6 Å². The van der Waals surface area contributed by atoms with E-state index in [2.05, 4.69) is 0 Å². The number of Topliss-reactive ketones (excluding diaryl/α,β-unsaturated/α-hetero) is 1. The summed E-state index contributed by atoms with van der Waals surface area (Å²) < 4.78 is 5.83. The van der Waals surface area contributed by atoms with Crippen molar-refractivity contribution in [3.63, 3.8) is 0 Å². The first kappa shape index (κ1) is 26.8. The maximum Gasteiger partial charge on any atom is 0.269 e. The Labute approximate surface area is 218 Å². The largest absolute Gasteiger partial charge is 0.477 e. The van der Waals surface area contributed by atoms with Gasteiger partial charge in [-0.2, -0.15) is 0 Å². The number of ketones is 1. The Bertz CT molecular complexity index is 1190. The van der Waals surface area contributed by atoms with Crippen LogP contribution in [0.5, 0.6) is 0 Å². The number of nitro benzene ring substituents is 1. The van der Waals surface area contributed by atoms with Crippen molar-refractivity contribution in [2.24, 2.45) is 5.41 Å². The van der Waals surface area contributed by atoms with Gasteiger partial charge >= 0.3 is 0 Å². The van der Waals surface area contributed by atoms with E-state index in [1.54, 1.807) is 32.9 Å². The van der Waals surface area contributed by atoms with E-state index in [1.165, 1.54) is 28.8 Å². The molecule has 2 aromatic carbocycles. The molecule has 0 bridgehead atoms. The second-order valence-corrected chi connectivity index (χ2v) is 11.0. The third-order valence-electron chi connectivity index (χ3n) is 5.19. The fourth-order valence-electron chi connectivity index (χ4n) is 3.14. The maximum atomic E-state index is 13.6. The molecular weight excluding hydrogens is 508 g/mol. The zero-order chi connectivity index (χ0) is 25.9. The van der Waals surface area contributed by atoms with Crippen LogP contribution in [0.2, 0.25) is 0 Å². The number of likely N-dealkylation sites (tertiary alicyclic amines) is 1. The number of amides is 1. The zero-order valence-corrected chi connectivity index (χ0v) is 22.1. The molecule has 35 heavy (non-hydrogen) atoms. The van der Waals surface area contributed by atoms with Gasteiger partial charge in [-0.25, -0.2) is 0 Å². The fraction of sp³-hybridized carbons (Fsp3) is 0.320.